The minimum Gasteiger partial charge on any atom is -0.311 e. The Bertz CT molecular complexity index is 528. The Hall–Kier alpha value is -1.09. The van der Waals surface area contributed by atoms with Crippen molar-refractivity contribution < 1.29 is 0 Å². The molecular weight excluding hydrogens is 222 g/mol. The number of alkyl halides is 1. The van der Waals surface area contributed by atoms with Crippen molar-refractivity contribution in [1.29, 1.82) is 0 Å². The first-order valence-corrected chi connectivity index (χ1v) is 6.19. The summed E-state index contributed by atoms with van der Waals surface area (Å²) in [5.74, 6) is 2.22. The molecule has 0 atom stereocenters. The number of rotatable bonds is 3. The molecule has 4 heteroatoms. The van der Waals surface area contributed by atoms with Gasteiger partial charge in [0.05, 0.1) is 5.88 Å². The second kappa shape index (κ2) is 3.74. The van der Waals surface area contributed by atoms with Gasteiger partial charge in [0.2, 0.25) is 0 Å². The molecule has 0 bridgehead atoms. The van der Waals surface area contributed by atoms with Crippen molar-refractivity contribution in [2.24, 2.45) is 5.92 Å². The molecule has 2 aromatic rings. The van der Waals surface area contributed by atoms with Gasteiger partial charge in [0.15, 0.2) is 5.65 Å². The predicted octanol–water partition coefficient (Wildman–Crippen LogP) is 2.89. The van der Waals surface area contributed by atoms with Gasteiger partial charge in [0.1, 0.15) is 11.3 Å². The van der Waals surface area contributed by atoms with E-state index >= 15 is 0 Å². The predicted molar refractivity (Wildman–Crippen MR) is 64.5 cm³/mol. The number of aryl methyl sites for hydroxylation is 1. The highest BCUT2D eigenvalue weighted by atomic mass is 35.5. The molecular formula is C12H14ClN3. The zero-order valence-electron chi connectivity index (χ0n) is 9.28. The minimum absolute atomic E-state index is 0.461. The van der Waals surface area contributed by atoms with Crippen molar-refractivity contribution in [1.82, 2.24) is 14.5 Å². The average Bonchev–Trinajstić information content (AvgIpc) is 3.02. The van der Waals surface area contributed by atoms with Gasteiger partial charge in [-0.15, -0.1) is 11.6 Å². The third-order valence-corrected chi connectivity index (χ3v) is 3.41. The van der Waals surface area contributed by atoms with E-state index in [0.717, 1.165) is 29.5 Å². The van der Waals surface area contributed by atoms with Crippen LogP contribution in [0.1, 0.15) is 24.2 Å². The molecule has 1 aliphatic rings. The Kier molecular flexibility index (Phi) is 2.36. The van der Waals surface area contributed by atoms with Crippen LogP contribution in [-0.4, -0.2) is 14.5 Å². The van der Waals surface area contributed by atoms with Gasteiger partial charge in [0.25, 0.3) is 0 Å². The van der Waals surface area contributed by atoms with Crippen molar-refractivity contribution in [3.8, 4) is 0 Å². The maximum absolute atomic E-state index is 5.95. The summed E-state index contributed by atoms with van der Waals surface area (Å²) >= 11 is 5.95. The Morgan fingerprint density at radius 2 is 2.31 bits per heavy atom. The number of nitrogens with zero attached hydrogens (tertiary/aromatic N) is 3. The summed E-state index contributed by atoms with van der Waals surface area (Å²) in [5, 5.41) is 0. The maximum atomic E-state index is 5.95. The molecule has 0 amide bonds. The summed E-state index contributed by atoms with van der Waals surface area (Å²) in [5.41, 5.74) is 3.16. The van der Waals surface area contributed by atoms with Crippen LogP contribution < -0.4 is 0 Å². The molecule has 2 aromatic heterocycles. The first-order chi connectivity index (χ1) is 7.79. The average molecular weight is 236 g/mol. The molecule has 0 aromatic carbocycles. The topological polar surface area (TPSA) is 30.7 Å². The number of aromatic nitrogens is 3. The van der Waals surface area contributed by atoms with Gasteiger partial charge in [-0.2, -0.15) is 0 Å². The normalized spacial score (nSPS) is 15.9. The van der Waals surface area contributed by atoms with E-state index in [4.69, 9.17) is 11.6 Å². The lowest BCUT2D eigenvalue weighted by Crippen LogP contribution is -2.04. The fourth-order valence-corrected chi connectivity index (χ4v) is 2.24. The summed E-state index contributed by atoms with van der Waals surface area (Å²) in [6.07, 6.45) is 4.50. The smallest absolute Gasteiger partial charge is 0.160 e. The van der Waals surface area contributed by atoms with Gasteiger partial charge in [-0.1, -0.05) is 0 Å². The molecule has 3 nitrogen and oxygen atoms in total. The SMILES string of the molecule is Cc1ccnc2c1nc(CCl)n2CC1CC1. The van der Waals surface area contributed by atoms with Crippen LogP contribution in [0.4, 0.5) is 0 Å². The highest BCUT2D eigenvalue weighted by Gasteiger charge is 2.24. The van der Waals surface area contributed by atoms with Gasteiger partial charge in [0, 0.05) is 12.7 Å². The van der Waals surface area contributed by atoms with E-state index in [1.807, 2.05) is 12.3 Å². The fraction of sp³-hybridized carbons (Fsp3) is 0.500. The van der Waals surface area contributed by atoms with E-state index in [-0.39, 0.29) is 0 Å². The van der Waals surface area contributed by atoms with Gasteiger partial charge in [-0.25, -0.2) is 9.97 Å². The first-order valence-electron chi connectivity index (χ1n) is 5.66. The van der Waals surface area contributed by atoms with Gasteiger partial charge < -0.3 is 4.57 Å². The van der Waals surface area contributed by atoms with Gasteiger partial charge in [-0.3, -0.25) is 0 Å². The molecule has 0 unspecified atom stereocenters. The molecule has 3 rings (SSSR count). The van der Waals surface area contributed by atoms with E-state index in [9.17, 15) is 0 Å². The summed E-state index contributed by atoms with van der Waals surface area (Å²) in [6.45, 7) is 3.09. The Morgan fingerprint density at radius 3 is 3.00 bits per heavy atom. The van der Waals surface area contributed by atoms with Crippen molar-refractivity contribution in [3.05, 3.63) is 23.7 Å². The van der Waals surface area contributed by atoms with Gasteiger partial charge >= 0.3 is 0 Å². The molecule has 16 heavy (non-hydrogen) atoms. The van der Waals surface area contributed by atoms with Crippen molar-refractivity contribution in [2.45, 2.75) is 32.2 Å². The van der Waals surface area contributed by atoms with Crippen LogP contribution in [0, 0.1) is 12.8 Å². The molecule has 0 radical (unpaired) electrons. The van der Waals surface area contributed by atoms with E-state index < -0.39 is 0 Å². The summed E-state index contributed by atoms with van der Waals surface area (Å²) in [7, 11) is 0. The van der Waals surface area contributed by atoms with Crippen LogP contribution in [0.5, 0.6) is 0 Å². The number of halogens is 1. The Labute approximate surface area is 99.5 Å². The summed E-state index contributed by atoms with van der Waals surface area (Å²) in [6, 6.07) is 1.99. The maximum Gasteiger partial charge on any atom is 0.160 e. The number of hydrogen-bond donors (Lipinski definition) is 0. The number of fused-ring (bicyclic) bond motifs is 1. The molecule has 84 valence electrons. The Balaban J connectivity index is 2.17. The van der Waals surface area contributed by atoms with Crippen molar-refractivity contribution in [2.75, 3.05) is 0 Å². The fourth-order valence-electron chi connectivity index (χ4n) is 2.04. The first kappa shape index (κ1) is 10.1. The lowest BCUT2D eigenvalue weighted by molar-refractivity contribution is 0.619. The molecule has 1 fully saturated rings. The van der Waals surface area contributed by atoms with E-state index in [0.29, 0.717) is 5.88 Å². The molecule has 0 spiro atoms. The lowest BCUT2D eigenvalue weighted by atomic mass is 10.3. The second-order valence-electron chi connectivity index (χ2n) is 4.52. The molecule has 1 aliphatic carbocycles. The van der Waals surface area contributed by atoms with Crippen LogP contribution in [0.2, 0.25) is 0 Å². The Morgan fingerprint density at radius 1 is 1.50 bits per heavy atom. The van der Waals surface area contributed by atoms with E-state index in [1.165, 1.54) is 18.4 Å². The highest BCUT2D eigenvalue weighted by Crippen LogP contribution is 2.32. The summed E-state index contributed by atoms with van der Waals surface area (Å²) in [4.78, 5) is 9.01. The van der Waals surface area contributed by atoms with Crippen molar-refractivity contribution >= 4 is 22.8 Å². The van der Waals surface area contributed by atoms with E-state index in [2.05, 4.69) is 21.5 Å². The van der Waals surface area contributed by atoms with Crippen LogP contribution in [0.3, 0.4) is 0 Å². The van der Waals surface area contributed by atoms with Crippen LogP contribution in [0.25, 0.3) is 11.2 Å². The zero-order chi connectivity index (χ0) is 11.1. The number of imidazole rings is 1. The molecule has 2 heterocycles. The lowest BCUT2D eigenvalue weighted by Gasteiger charge is -2.05. The zero-order valence-corrected chi connectivity index (χ0v) is 10.0. The second-order valence-corrected chi connectivity index (χ2v) is 4.78. The number of hydrogen-bond acceptors (Lipinski definition) is 2. The molecule has 1 saturated carbocycles. The van der Waals surface area contributed by atoms with E-state index in [1.54, 1.807) is 0 Å². The molecule has 0 saturated heterocycles. The van der Waals surface area contributed by atoms with Gasteiger partial charge in [-0.05, 0) is 37.3 Å². The molecule has 0 aliphatic heterocycles. The van der Waals surface area contributed by atoms with Crippen LogP contribution in [0.15, 0.2) is 12.3 Å². The standard InChI is InChI=1S/C12H14ClN3/c1-8-4-5-14-12-11(8)15-10(6-13)16(12)7-9-2-3-9/h4-5,9H,2-3,6-7H2,1H3. The largest absolute Gasteiger partial charge is 0.311 e. The highest BCUT2D eigenvalue weighted by molar-refractivity contribution is 6.16. The third kappa shape index (κ3) is 1.59. The minimum atomic E-state index is 0.461. The summed E-state index contributed by atoms with van der Waals surface area (Å²) < 4.78 is 2.19. The number of pyridine rings is 1. The third-order valence-electron chi connectivity index (χ3n) is 3.17. The molecule has 0 N–H and O–H groups in total. The monoisotopic (exact) mass is 235 g/mol. The van der Waals surface area contributed by atoms with Crippen LogP contribution in [-0.2, 0) is 12.4 Å². The van der Waals surface area contributed by atoms with Crippen molar-refractivity contribution in [3.63, 3.8) is 0 Å². The van der Waals surface area contributed by atoms with Crippen LogP contribution >= 0.6 is 11.6 Å². The quantitative estimate of drug-likeness (QED) is 0.766.